The van der Waals surface area contributed by atoms with Gasteiger partial charge in [0.25, 0.3) is 5.91 Å². The molecule has 0 spiro atoms. The van der Waals surface area contributed by atoms with E-state index in [1.807, 2.05) is 13.8 Å². The van der Waals surface area contributed by atoms with Crippen LogP contribution >= 0.6 is 15.9 Å². The van der Waals surface area contributed by atoms with Crippen molar-refractivity contribution in [3.63, 3.8) is 0 Å². The number of benzene rings is 1. The molecule has 0 fully saturated rings. The highest BCUT2D eigenvalue weighted by molar-refractivity contribution is 9.10. The van der Waals surface area contributed by atoms with Crippen LogP contribution in [0.4, 0.5) is 4.39 Å². The molecule has 4 nitrogen and oxygen atoms in total. The van der Waals surface area contributed by atoms with Crippen LogP contribution in [0, 0.1) is 5.82 Å². The number of hydrogen-bond donors (Lipinski definition) is 0. The summed E-state index contributed by atoms with van der Waals surface area (Å²) in [4.78, 5) is 26.9. The number of nitrogens with zero attached hydrogens (tertiary/aromatic N) is 2. The highest BCUT2D eigenvalue weighted by Gasteiger charge is 2.20. The van der Waals surface area contributed by atoms with Crippen LogP contribution in [0.2, 0.25) is 0 Å². The Balaban J connectivity index is 2.79. The number of halogens is 2. The van der Waals surface area contributed by atoms with Gasteiger partial charge in [-0.15, -0.1) is 0 Å². The van der Waals surface area contributed by atoms with E-state index in [0.29, 0.717) is 17.6 Å². The first kappa shape index (κ1) is 16.6. The molecule has 0 atom stereocenters. The Labute approximate surface area is 126 Å². The molecule has 0 saturated carbocycles. The van der Waals surface area contributed by atoms with E-state index in [9.17, 15) is 14.0 Å². The fourth-order valence-electron chi connectivity index (χ4n) is 1.82. The summed E-state index contributed by atoms with van der Waals surface area (Å²) in [6.07, 6.45) is 0. The normalized spacial score (nSPS) is 10.2. The molecule has 0 aliphatic rings. The standard InChI is InChI=1S/C14H18BrFN2O2/c1-4-18(5-2)13(19)9-17(3)14(20)11-7-6-10(15)8-12(11)16/h6-8H,4-5,9H2,1-3H3. The van der Waals surface area contributed by atoms with E-state index >= 15 is 0 Å². The van der Waals surface area contributed by atoms with E-state index in [0.717, 1.165) is 0 Å². The summed E-state index contributed by atoms with van der Waals surface area (Å²) >= 11 is 3.13. The Bertz CT molecular complexity index is 504. The zero-order valence-electron chi connectivity index (χ0n) is 11.8. The highest BCUT2D eigenvalue weighted by atomic mass is 79.9. The number of amides is 2. The van der Waals surface area contributed by atoms with Crippen LogP contribution in [0.1, 0.15) is 24.2 Å². The molecule has 2 amide bonds. The number of hydrogen-bond acceptors (Lipinski definition) is 2. The molecule has 0 unspecified atom stereocenters. The maximum Gasteiger partial charge on any atom is 0.257 e. The number of carbonyl (C=O) groups excluding carboxylic acids is 2. The third kappa shape index (κ3) is 4.03. The highest BCUT2D eigenvalue weighted by Crippen LogP contribution is 2.16. The topological polar surface area (TPSA) is 40.6 Å². The Morgan fingerprint density at radius 2 is 1.85 bits per heavy atom. The smallest absolute Gasteiger partial charge is 0.257 e. The first-order valence-electron chi connectivity index (χ1n) is 6.39. The lowest BCUT2D eigenvalue weighted by atomic mass is 10.2. The van der Waals surface area contributed by atoms with Gasteiger partial charge in [-0.3, -0.25) is 9.59 Å². The monoisotopic (exact) mass is 344 g/mol. The van der Waals surface area contributed by atoms with Crippen molar-refractivity contribution < 1.29 is 14.0 Å². The van der Waals surface area contributed by atoms with Gasteiger partial charge in [0.15, 0.2) is 0 Å². The fraction of sp³-hybridized carbons (Fsp3) is 0.429. The van der Waals surface area contributed by atoms with Gasteiger partial charge in [-0.05, 0) is 32.0 Å². The van der Waals surface area contributed by atoms with E-state index in [4.69, 9.17) is 0 Å². The molecule has 0 heterocycles. The molecule has 110 valence electrons. The number of carbonyl (C=O) groups is 2. The van der Waals surface area contributed by atoms with Gasteiger partial charge in [-0.25, -0.2) is 4.39 Å². The molecule has 1 rings (SSSR count). The average Bonchev–Trinajstić information content (AvgIpc) is 2.39. The fourth-order valence-corrected chi connectivity index (χ4v) is 2.15. The molecule has 0 radical (unpaired) electrons. The van der Waals surface area contributed by atoms with Crippen LogP contribution in [0.15, 0.2) is 22.7 Å². The second-order valence-electron chi connectivity index (χ2n) is 4.35. The molecule has 0 N–H and O–H groups in total. The van der Waals surface area contributed by atoms with Gasteiger partial charge < -0.3 is 9.80 Å². The van der Waals surface area contributed by atoms with Crippen molar-refractivity contribution in [3.8, 4) is 0 Å². The minimum atomic E-state index is -0.605. The summed E-state index contributed by atoms with van der Waals surface area (Å²) in [7, 11) is 1.49. The van der Waals surface area contributed by atoms with Gasteiger partial charge in [-0.2, -0.15) is 0 Å². The molecule has 20 heavy (non-hydrogen) atoms. The van der Waals surface area contributed by atoms with Crippen LogP contribution in [-0.4, -0.2) is 48.3 Å². The molecule has 0 aromatic heterocycles. The molecule has 0 saturated heterocycles. The van der Waals surface area contributed by atoms with Crippen LogP contribution in [-0.2, 0) is 4.79 Å². The lowest BCUT2D eigenvalue weighted by Crippen LogP contribution is -2.41. The molecular weight excluding hydrogens is 327 g/mol. The third-order valence-corrected chi connectivity index (χ3v) is 3.49. The maximum absolute atomic E-state index is 13.7. The SMILES string of the molecule is CCN(CC)C(=O)CN(C)C(=O)c1ccc(Br)cc1F. The van der Waals surface area contributed by atoms with Crippen molar-refractivity contribution in [3.05, 3.63) is 34.1 Å². The lowest BCUT2D eigenvalue weighted by Gasteiger charge is -2.23. The maximum atomic E-state index is 13.7. The van der Waals surface area contributed by atoms with Crippen molar-refractivity contribution in [1.82, 2.24) is 9.80 Å². The molecular formula is C14H18BrFN2O2. The second kappa shape index (κ2) is 7.38. The van der Waals surface area contributed by atoms with Crippen molar-refractivity contribution in [2.45, 2.75) is 13.8 Å². The molecule has 0 aliphatic heterocycles. The zero-order chi connectivity index (χ0) is 15.3. The molecule has 0 aliphatic carbocycles. The summed E-state index contributed by atoms with van der Waals surface area (Å²) in [5.74, 6) is -1.26. The van der Waals surface area contributed by atoms with Crippen molar-refractivity contribution >= 4 is 27.7 Å². The van der Waals surface area contributed by atoms with Crippen molar-refractivity contribution in [2.75, 3.05) is 26.7 Å². The van der Waals surface area contributed by atoms with E-state index < -0.39 is 11.7 Å². The summed E-state index contributed by atoms with van der Waals surface area (Å²) in [6, 6.07) is 4.23. The number of likely N-dealkylation sites (N-methyl/N-ethyl adjacent to an activating group) is 2. The van der Waals surface area contributed by atoms with Gasteiger partial charge in [0, 0.05) is 24.6 Å². The predicted molar refractivity (Wildman–Crippen MR) is 79.0 cm³/mol. The Morgan fingerprint density at radius 1 is 1.25 bits per heavy atom. The van der Waals surface area contributed by atoms with Crippen molar-refractivity contribution in [1.29, 1.82) is 0 Å². The summed E-state index contributed by atoms with van der Waals surface area (Å²) in [5.41, 5.74) is -0.0388. The first-order valence-corrected chi connectivity index (χ1v) is 7.18. The zero-order valence-corrected chi connectivity index (χ0v) is 13.4. The Kier molecular flexibility index (Phi) is 6.13. The molecule has 6 heteroatoms. The molecule has 1 aromatic rings. The van der Waals surface area contributed by atoms with E-state index in [1.165, 1.54) is 24.1 Å². The quantitative estimate of drug-likeness (QED) is 0.823. The molecule has 0 bridgehead atoms. The largest absolute Gasteiger partial charge is 0.342 e. The van der Waals surface area contributed by atoms with Crippen LogP contribution in [0.5, 0.6) is 0 Å². The summed E-state index contributed by atoms with van der Waals surface area (Å²) in [6.45, 7) is 4.86. The van der Waals surface area contributed by atoms with Crippen LogP contribution < -0.4 is 0 Å². The van der Waals surface area contributed by atoms with Gasteiger partial charge in [0.05, 0.1) is 12.1 Å². The second-order valence-corrected chi connectivity index (χ2v) is 5.27. The minimum absolute atomic E-state index is 0.0388. The van der Waals surface area contributed by atoms with Crippen molar-refractivity contribution in [2.24, 2.45) is 0 Å². The van der Waals surface area contributed by atoms with Crippen LogP contribution in [0.25, 0.3) is 0 Å². The van der Waals surface area contributed by atoms with Gasteiger partial charge in [0.2, 0.25) is 5.91 Å². The Hall–Kier alpha value is -1.43. The van der Waals surface area contributed by atoms with Gasteiger partial charge >= 0.3 is 0 Å². The number of rotatable bonds is 5. The van der Waals surface area contributed by atoms with Gasteiger partial charge in [-0.1, -0.05) is 15.9 Å². The molecule has 1 aromatic carbocycles. The lowest BCUT2D eigenvalue weighted by molar-refractivity contribution is -0.131. The summed E-state index contributed by atoms with van der Waals surface area (Å²) < 4.78 is 14.3. The van der Waals surface area contributed by atoms with Gasteiger partial charge in [0.1, 0.15) is 5.82 Å². The van der Waals surface area contributed by atoms with E-state index in [-0.39, 0.29) is 18.0 Å². The summed E-state index contributed by atoms with van der Waals surface area (Å²) in [5, 5.41) is 0. The van der Waals surface area contributed by atoms with E-state index in [2.05, 4.69) is 15.9 Å². The van der Waals surface area contributed by atoms with Crippen LogP contribution in [0.3, 0.4) is 0 Å². The Morgan fingerprint density at radius 3 is 2.35 bits per heavy atom. The third-order valence-electron chi connectivity index (χ3n) is 3.00. The van der Waals surface area contributed by atoms with E-state index in [1.54, 1.807) is 11.0 Å². The predicted octanol–water partition coefficient (Wildman–Crippen LogP) is 2.53. The average molecular weight is 345 g/mol. The first-order chi connectivity index (χ1) is 9.40. The minimum Gasteiger partial charge on any atom is -0.342 e.